The lowest BCUT2D eigenvalue weighted by atomic mass is 10.0. The molecular formula is C19H24N4O5. The van der Waals surface area contributed by atoms with Crippen LogP contribution in [0, 0.1) is 0 Å². The van der Waals surface area contributed by atoms with E-state index < -0.39 is 35.8 Å². The number of aliphatic hydroxyl groups excluding tert-OH is 1. The Morgan fingerprint density at radius 1 is 1.29 bits per heavy atom. The summed E-state index contributed by atoms with van der Waals surface area (Å²) in [6.07, 6.45) is -0.353. The number of amides is 4. The van der Waals surface area contributed by atoms with E-state index in [9.17, 15) is 24.3 Å². The Kier molecular flexibility index (Phi) is 5.87. The molecule has 3 N–H and O–H groups in total. The Hall–Kier alpha value is -2.62. The maximum atomic E-state index is 13.0. The highest BCUT2D eigenvalue weighted by atomic mass is 16.3. The second-order valence-corrected chi connectivity index (χ2v) is 7.20. The number of likely N-dealkylation sites (N-methyl/N-ethyl adjacent to an activating group) is 2. The molecule has 28 heavy (non-hydrogen) atoms. The molecule has 150 valence electrons. The first-order valence-electron chi connectivity index (χ1n) is 9.18. The minimum atomic E-state index is -0.979. The van der Waals surface area contributed by atoms with Crippen molar-refractivity contribution < 1.29 is 24.3 Å². The van der Waals surface area contributed by atoms with Gasteiger partial charge in [0.1, 0.15) is 6.04 Å². The van der Waals surface area contributed by atoms with Crippen LogP contribution < -0.4 is 10.6 Å². The van der Waals surface area contributed by atoms with Crippen molar-refractivity contribution in [3.8, 4) is 0 Å². The lowest BCUT2D eigenvalue weighted by Crippen LogP contribution is -2.54. The maximum Gasteiger partial charge on any atom is 0.262 e. The minimum absolute atomic E-state index is 0.0861. The maximum absolute atomic E-state index is 13.0. The van der Waals surface area contributed by atoms with Crippen LogP contribution in [0.25, 0.3) is 0 Å². The molecule has 9 nitrogen and oxygen atoms in total. The first kappa shape index (κ1) is 20.1. The Morgan fingerprint density at radius 3 is 2.71 bits per heavy atom. The van der Waals surface area contributed by atoms with Crippen molar-refractivity contribution in [1.82, 2.24) is 20.4 Å². The molecule has 2 heterocycles. The van der Waals surface area contributed by atoms with Gasteiger partial charge in [-0.3, -0.25) is 34.3 Å². The summed E-state index contributed by atoms with van der Waals surface area (Å²) in [7, 11) is 3.57. The zero-order chi connectivity index (χ0) is 20.4. The normalized spacial score (nSPS) is 20.6. The van der Waals surface area contributed by atoms with Crippen LogP contribution in [0.1, 0.15) is 39.1 Å². The van der Waals surface area contributed by atoms with E-state index in [0.717, 1.165) is 4.90 Å². The monoisotopic (exact) mass is 388 g/mol. The Bertz CT molecular complexity index is 825. The van der Waals surface area contributed by atoms with Crippen LogP contribution in [0.3, 0.4) is 0 Å². The van der Waals surface area contributed by atoms with Crippen molar-refractivity contribution >= 4 is 23.6 Å². The van der Waals surface area contributed by atoms with Crippen LogP contribution in [-0.2, 0) is 16.1 Å². The summed E-state index contributed by atoms with van der Waals surface area (Å²) in [5.41, 5.74) is 1.20. The van der Waals surface area contributed by atoms with Crippen molar-refractivity contribution in [2.45, 2.75) is 31.5 Å². The summed E-state index contributed by atoms with van der Waals surface area (Å²) in [6.45, 7) is 1.20. The molecule has 9 heteroatoms. The fourth-order valence-electron chi connectivity index (χ4n) is 3.73. The number of nitrogens with zero attached hydrogens (tertiary/aromatic N) is 2. The van der Waals surface area contributed by atoms with Crippen LogP contribution in [0.2, 0.25) is 0 Å². The molecule has 0 spiro atoms. The van der Waals surface area contributed by atoms with Gasteiger partial charge in [0.05, 0.1) is 17.2 Å². The minimum Gasteiger partial charge on any atom is -0.390 e. The molecule has 1 aromatic rings. The van der Waals surface area contributed by atoms with E-state index >= 15 is 0 Å². The predicted octanol–water partition coefficient (Wildman–Crippen LogP) is -0.900. The van der Waals surface area contributed by atoms with Crippen molar-refractivity contribution in [3.05, 3.63) is 34.9 Å². The fourth-order valence-corrected chi connectivity index (χ4v) is 3.73. The predicted molar refractivity (Wildman–Crippen MR) is 99.4 cm³/mol. The second kappa shape index (κ2) is 8.17. The molecule has 2 aliphatic heterocycles. The molecule has 2 unspecified atom stereocenters. The number of carbonyl (C=O) groups is 4. The molecule has 1 fully saturated rings. The number of imide groups is 2. The van der Waals surface area contributed by atoms with Crippen molar-refractivity contribution in [3.63, 3.8) is 0 Å². The van der Waals surface area contributed by atoms with Gasteiger partial charge >= 0.3 is 0 Å². The number of benzene rings is 1. The van der Waals surface area contributed by atoms with Gasteiger partial charge in [0.15, 0.2) is 0 Å². The lowest BCUT2D eigenvalue weighted by Gasteiger charge is -2.28. The van der Waals surface area contributed by atoms with Gasteiger partial charge in [-0.25, -0.2) is 0 Å². The van der Waals surface area contributed by atoms with Gasteiger partial charge in [-0.2, -0.15) is 0 Å². The largest absolute Gasteiger partial charge is 0.390 e. The van der Waals surface area contributed by atoms with E-state index in [-0.39, 0.29) is 24.0 Å². The van der Waals surface area contributed by atoms with Gasteiger partial charge in [0.25, 0.3) is 11.8 Å². The molecule has 0 aromatic heterocycles. The van der Waals surface area contributed by atoms with Crippen LogP contribution in [-0.4, -0.2) is 77.9 Å². The van der Waals surface area contributed by atoms with Gasteiger partial charge in [0, 0.05) is 26.1 Å². The summed E-state index contributed by atoms with van der Waals surface area (Å²) in [6, 6.07) is 4.05. The fraction of sp³-hybridized carbons (Fsp3) is 0.474. The summed E-state index contributed by atoms with van der Waals surface area (Å²) in [5.74, 6) is -2.07. The number of aliphatic hydroxyl groups is 1. The molecule has 4 amide bonds. The molecule has 3 rings (SSSR count). The van der Waals surface area contributed by atoms with Crippen LogP contribution in [0.5, 0.6) is 0 Å². The van der Waals surface area contributed by atoms with E-state index in [1.54, 1.807) is 25.2 Å². The van der Waals surface area contributed by atoms with E-state index in [1.165, 1.54) is 0 Å². The molecule has 2 aliphatic rings. The van der Waals surface area contributed by atoms with Crippen molar-refractivity contribution in [1.29, 1.82) is 0 Å². The Labute approximate surface area is 162 Å². The highest BCUT2D eigenvalue weighted by Crippen LogP contribution is 2.30. The molecule has 1 saturated heterocycles. The standard InChI is InChI=1S/C19H24N4O5/c1-20-8-12(24)10-22(2)9-11-4-3-5-13-16(11)19(28)23(18(13)27)14-6-7-15(25)21-17(14)26/h3-5,12,14,20,24H,6-10H2,1-2H3,(H,21,25,26). The smallest absolute Gasteiger partial charge is 0.262 e. The molecular weight excluding hydrogens is 364 g/mol. The van der Waals surface area contributed by atoms with E-state index in [4.69, 9.17) is 0 Å². The van der Waals surface area contributed by atoms with Crippen LogP contribution in [0.4, 0.5) is 0 Å². The number of hydrogen-bond acceptors (Lipinski definition) is 7. The van der Waals surface area contributed by atoms with Gasteiger partial charge in [0.2, 0.25) is 11.8 Å². The average Bonchev–Trinajstić information content (AvgIpc) is 2.87. The summed E-state index contributed by atoms with van der Waals surface area (Å²) in [4.78, 5) is 52.2. The number of nitrogens with one attached hydrogen (secondary N) is 2. The van der Waals surface area contributed by atoms with Gasteiger partial charge in [-0.1, -0.05) is 12.1 Å². The van der Waals surface area contributed by atoms with Crippen molar-refractivity contribution in [2.24, 2.45) is 0 Å². The zero-order valence-electron chi connectivity index (χ0n) is 15.9. The molecule has 0 bridgehead atoms. The lowest BCUT2D eigenvalue weighted by molar-refractivity contribution is -0.136. The summed E-state index contributed by atoms with van der Waals surface area (Å²) >= 11 is 0. The van der Waals surface area contributed by atoms with E-state index in [0.29, 0.717) is 25.2 Å². The molecule has 0 aliphatic carbocycles. The number of fused-ring (bicyclic) bond motifs is 1. The highest BCUT2D eigenvalue weighted by Gasteiger charge is 2.45. The van der Waals surface area contributed by atoms with Gasteiger partial charge in [-0.05, 0) is 32.1 Å². The third-order valence-electron chi connectivity index (χ3n) is 4.96. The number of piperidine rings is 1. The molecule has 1 aromatic carbocycles. The van der Waals surface area contributed by atoms with E-state index in [1.807, 2.05) is 11.9 Å². The number of rotatable bonds is 7. The highest BCUT2D eigenvalue weighted by molar-refractivity contribution is 6.24. The molecule has 0 radical (unpaired) electrons. The Morgan fingerprint density at radius 2 is 2.04 bits per heavy atom. The van der Waals surface area contributed by atoms with Gasteiger partial charge < -0.3 is 10.4 Å². The van der Waals surface area contributed by atoms with Crippen molar-refractivity contribution in [2.75, 3.05) is 27.2 Å². The second-order valence-electron chi connectivity index (χ2n) is 7.20. The summed E-state index contributed by atoms with van der Waals surface area (Å²) in [5, 5.41) is 15.0. The Balaban J connectivity index is 1.82. The quantitative estimate of drug-likeness (QED) is 0.518. The zero-order valence-corrected chi connectivity index (χ0v) is 15.9. The van der Waals surface area contributed by atoms with Gasteiger partial charge in [-0.15, -0.1) is 0 Å². The summed E-state index contributed by atoms with van der Waals surface area (Å²) < 4.78 is 0. The van der Waals surface area contributed by atoms with Crippen LogP contribution >= 0.6 is 0 Å². The topological polar surface area (TPSA) is 119 Å². The average molecular weight is 388 g/mol. The first-order chi connectivity index (χ1) is 13.3. The molecule has 2 atom stereocenters. The van der Waals surface area contributed by atoms with E-state index in [2.05, 4.69) is 10.6 Å². The number of carbonyl (C=O) groups excluding carboxylic acids is 4. The third kappa shape index (κ3) is 3.82. The van der Waals surface area contributed by atoms with Crippen LogP contribution in [0.15, 0.2) is 18.2 Å². The SMILES string of the molecule is CNCC(O)CN(C)Cc1cccc2c1C(=O)N(C1CCC(=O)NC1=O)C2=O. The first-order valence-corrected chi connectivity index (χ1v) is 9.18. The third-order valence-corrected chi connectivity index (χ3v) is 4.96. The number of hydrogen-bond donors (Lipinski definition) is 3. The molecule has 0 saturated carbocycles.